The quantitative estimate of drug-likeness (QED) is 0.899. The summed E-state index contributed by atoms with van der Waals surface area (Å²) in [5.74, 6) is 2.65. The zero-order valence-electron chi connectivity index (χ0n) is 13.4. The average molecular weight is 327 g/mol. The number of nitrogens with zero attached hydrogens (tertiary/aromatic N) is 1. The highest BCUT2D eigenvalue weighted by Gasteiger charge is 2.20. The Labute approximate surface area is 141 Å². The molecular formula is C18H21N3OS. The van der Waals surface area contributed by atoms with Gasteiger partial charge in [0.2, 0.25) is 0 Å². The number of hydrogen-bond acceptors (Lipinski definition) is 4. The zero-order chi connectivity index (χ0) is 16.2. The average Bonchev–Trinajstić information content (AvgIpc) is 3.05. The van der Waals surface area contributed by atoms with Crippen molar-refractivity contribution in [1.82, 2.24) is 10.3 Å². The van der Waals surface area contributed by atoms with Crippen LogP contribution in [-0.4, -0.2) is 28.4 Å². The van der Waals surface area contributed by atoms with E-state index in [1.807, 2.05) is 30.0 Å². The van der Waals surface area contributed by atoms with Gasteiger partial charge in [-0.1, -0.05) is 12.1 Å². The van der Waals surface area contributed by atoms with Crippen molar-refractivity contribution in [2.24, 2.45) is 0 Å². The van der Waals surface area contributed by atoms with E-state index in [0.717, 1.165) is 29.2 Å². The summed E-state index contributed by atoms with van der Waals surface area (Å²) in [5, 5.41) is 6.42. The van der Waals surface area contributed by atoms with Gasteiger partial charge in [0, 0.05) is 23.7 Å². The summed E-state index contributed by atoms with van der Waals surface area (Å²) < 4.78 is 0. The minimum Gasteiger partial charge on any atom is -0.348 e. The maximum absolute atomic E-state index is 12.6. The number of hydrogen-bond donors (Lipinski definition) is 2. The maximum Gasteiger partial charge on any atom is 0.255 e. The first-order chi connectivity index (χ1) is 11.1. The Morgan fingerprint density at radius 1 is 1.26 bits per heavy atom. The topological polar surface area (TPSA) is 54.0 Å². The molecule has 1 aliphatic heterocycles. The van der Waals surface area contributed by atoms with Gasteiger partial charge < -0.3 is 10.6 Å². The van der Waals surface area contributed by atoms with E-state index in [-0.39, 0.29) is 11.9 Å². The van der Waals surface area contributed by atoms with Gasteiger partial charge in [0.05, 0.1) is 5.56 Å². The molecule has 1 aromatic heterocycles. The van der Waals surface area contributed by atoms with Crippen molar-refractivity contribution in [3.05, 3.63) is 53.2 Å². The fourth-order valence-electron chi connectivity index (χ4n) is 2.61. The zero-order valence-corrected chi connectivity index (χ0v) is 14.2. The van der Waals surface area contributed by atoms with Crippen LogP contribution in [0, 0.1) is 13.8 Å². The molecule has 1 fully saturated rings. The van der Waals surface area contributed by atoms with Crippen LogP contribution < -0.4 is 10.6 Å². The van der Waals surface area contributed by atoms with Crippen LogP contribution in [0.3, 0.4) is 0 Å². The van der Waals surface area contributed by atoms with E-state index in [4.69, 9.17) is 0 Å². The van der Waals surface area contributed by atoms with E-state index in [1.165, 1.54) is 5.56 Å². The summed E-state index contributed by atoms with van der Waals surface area (Å²) >= 11 is 1.88. The number of anilines is 2. The maximum atomic E-state index is 12.6. The molecule has 1 amide bonds. The molecule has 0 aliphatic carbocycles. The predicted octanol–water partition coefficient (Wildman–Crippen LogP) is 3.68. The Morgan fingerprint density at radius 2 is 2.13 bits per heavy atom. The van der Waals surface area contributed by atoms with Gasteiger partial charge >= 0.3 is 0 Å². The van der Waals surface area contributed by atoms with Crippen molar-refractivity contribution < 1.29 is 4.79 Å². The van der Waals surface area contributed by atoms with E-state index in [9.17, 15) is 4.79 Å². The normalized spacial score (nSPS) is 17.0. The predicted molar refractivity (Wildman–Crippen MR) is 96.6 cm³/mol. The highest BCUT2D eigenvalue weighted by atomic mass is 32.2. The van der Waals surface area contributed by atoms with E-state index in [0.29, 0.717) is 11.4 Å². The number of nitrogens with one attached hydrogen (secondary N) is 2. The summed E-state index contributed by atoms with van der Waals surface area (Å²) in [7, 11) is 0. The van der Waals surface area contributed by atoms with Crippen LogP contribution in [0.2, 0.25) is 0 Å². The van der Waals surface area contributed by atoms with E-state index >= 15 is 0 Å². The number of thioether (sulfide) groups is 1. The molecular weight excluding hydrogens is 306 g/mol. The summed E-state index contributed by atoms with van der Waals surface area (Å²) in [5.41, 5.74) is 3.94. The Morgan fingerprint density at radius 3 is 2.91 bits per heavy atom. The number of rotatable bonds is 4. The van der Waals surface area contributed by atoms with Crippen LogP contribution in [0.25, 0.3) is 0 Å². The first-order valence-electron chi connectivity index (χ1n) is 7.82. The first kappa shape index (κ1) is 15.9. The molecule has 2 N–H and O–H groups in total. The largest absolute Gasteiger partial charge is 0.348 e. The van der Waals surface area contributed by atoms with Crippen molar-refractivity contribution in [3.8, 4) is 0 Å². The second kappa shape index (κ2) is 7.04. The number of amides is 1. The lowest BCUT2D eigenvalue weighted by Crippen LogP contribution is -2.35. The van der Waals surface area contributed by atoms with Crippen LogP contribution in [0.1, 0.15) is 27.9 Å². The van der Waals surface area contributed by atoms with Crippen molar-refractivity contribution in [1.29, 1.82) is 0 Å². The summed E-state index contributed by atoms with van der Waals surface area (Å²) in [6, 6.07) is 9.96. The highest BCUT2D eigenvalue weighted by molar-refractivity contribution is 7.99. The standard InChI is InChI=1S/C18H21N3OS/c1-12-5-3-7-16(13(12)2)21-17-15(6-4-9-19-17)18(22)20-14-8-10-23-11-14/h3-7,9,14H,8,10-11H2,1-2H3,(H,19,21)(H,20,22). The van der Waals surface area contributed by atoms with E-state index in [1.54, 1.807) is 12.3 Å². The molecule has 2 heterocycles. The second-order valence-corrected chi connectivity index (χ2v) is 6.96. The van der Waals surface area contributed by atoms with Gasteiger partial charge in [-0.15, -0.1) is 0 Å². The minimum atomic E-state index is -0.0570. The van der Waals surface area contributed by atoms with Crippen molar-refractivity contribution in [2.75, 3.05) is 16.8 Å². The molecule has 1 aliphatic rings. The molecule has 0 radical (unpaired) electrons. The van der Waals surface area contributed by atoms with Gasteiger partial charge in [0.1, 0.15) is 5.82 Å². The molecule has 2 aromatic rings. The van der Waals surface area contributed by atoms with Crippen LogP contribution in [0.15, 0.2) is 36.5 Å². The Bertz CT molecular complexity index is 711. The molecule has 0 saturated carbocycles. The second-order valence-electron chi connectivity index (χ2n) is 5.81. The van der Waals surface area contributed by atoms with Crippen molar-refractivity contribution in [2.45, 2.75) is 26.3 Å². The summed E-state index contributed by atoms with van der Waals surface area (Å²) in [6.45, 7) is 4.14. The van der Waals surface area contributed by atoms with Crippen LogP contribution in [0.5, 0.6) is 0 Å². The van der Waals surface area contributed by atoms with Gasteiger partial charge in [-0.25, -0.2) is 4.98 Å². The highest BCUT2D eigenvalue weighted by Crippen LogP contribution is 2.24. The molecule has 5 heteroatoms. The van der Waals surface area contributed by atoms with Crippen molar-refractivity contribution >= 4 is 29.2 Å². The van der Waals surface area contributed by atoms with Gasteiger partial charge in [-0.05, 0) is 55.3 Å². The molecule has 0 bridgehead atoms. The molecule has 4 nitrogen and oxygen atoms in total. The number of aryl methyl sites for hydroxylation is 1. The van der Waals surface area contributed by atoms with Crippen LogP contribution in [0.4, 0.5) is 11.5 Å². The van der Waals surface area contributed by atoms with Gasteiger partial charge in [-0.2, -0.15) is 11.8 Å². The van der Waals surface area contributed by atoms with E-state index < -0.39 is 0 Å². The number of carbonyl (C=O) groups is 1. The molecule has 120 valence electrons. The fourth-order valence-corrected chi connectivity index (χ4v) is 3.77. The smallest absolute Gasteiger partial charge is 0.255 e. The Balaban J connectivity index is 1.82. The van der Waals surface area contributed by atoms with Crippen molar-refractivity contribution in [3.63, 3.8) is 0 Å². The van der Waals surface area contributed by atoms with Crippen LogP contribution >= 0.6 is 11.8 Å². The number of aromatic nitrogens is 1. The lowest BCUT2D eigenvalue weighted by molar-refractivity contribution is 0.0941. The lowest BCUT2D eigenvalue weighted by Gasteiger charge is -2.15. The van der Waals surface area contributed by atoms with E-state index in [2.05, 4.69) is 35.5 Å². The van der Waals surface area contributed by atoms with Gasteiger partial charge in [0.25, 0.3) is 5.91 Å². The number of benzene rings is 1. The van der Waals surface area contributed by atoms with Gasteiger partial charge in [-0.3, -0.25) is 4.79 Å². The van der Waals surface area contributed by atoms with Gasteiger partial charge in [0.15, 0.2) is 0 Å². The molecule has 1 saturated heterocycles. The Kier molecular flexibility index (Phi) is 4.86. The molecule has 3 rings (SSSR count). The fraction of sp³-hybridized carbons (Fsp3) is 0.333. The third kappa shape index (κ3) is 3.67. The van der Waals surface area contributed by atoms with Crippen LogP contribution in [-0.2, 0) is 0 Å². The number of pyridine rings is 1. The monoisotopic (exact) mass is 327 g/mol. The first-order valence-corrected chi connectivity index (χ1v) is 8.97. The molecule has 1 unspecified atom stereocenters. The molecule has 0 spiro atoms. The third-order valence-corrected chi connectivity index (χ3v) is 5.34. The minimum absolute atomic E-state index is 0.0570. The number of carbonyl (C=O) groups excluding carboxylic acids is 1. The summed E-state index contributed by atoms with van der Waals surface area (Å²) in [6.07, 6.45) is 2.74. The SMILES string of the molecule is Cc1cccc(Nc2ncccc2C(=O)NC2CCSC2)c1C. The summed E-state index contributed by atoms with van der Waals surface area (Å²) in [4.78, 5) is 16.9. The third-order valence-electron chi connectivity index (χ3n) is 4.17. The lowest BCUT2D eigenvalue weighted by atomic mass is 10.1. The molecule has 23 heavy (non-hydrogen) atoms. The molecule has 1 aromatic carbocycles. The Hall–Kier alpha value is -2.01. The molecule has 1 atom stereocenters.